The molecule has 0 aliphatic rings. The third-order valence-electron chi connectivity index (χ3n) is 3.33. The van der Waals surface area contributed by atoms with Gasteiger partial charge in [0.05, 0.1) is 27.7 Å². The zero-order valence-electron chi connectivity index (χ0n) is 11.2. The zero-order chi connectivity index (χ0) is 13.8. The van der Waals surface area contributed by atoms with E-state index in [9.17, 15) is 5.11 Å². The van der Waals surface area contributed by atoms with Crippen molar-refractivity contribution in [3.8, 4) is 0 Å². The van der Waals surface area contributed by atoms with Gasteiger partial charge in [-0.1, -0.05) is 25.4 Å². The summed E-state index contributed by atoms with van der Waals surface area (Å²) in [7, 11) is 0. The van der Waals surface area contributed by atoms with Crippen LogP contribution in [0.1, 0.15) is 49.4 Å². The average molecular weight is 299 g/mol. The first-order valence-electron chi connectivity index (χ1n) is 6.60. The fourth-order valence-electron chi connectivity index (χ4n) is 2.19. The number of halogens is 1. The number of nitrogens with zero attached hydrogens (tertiary/aromatic N) is 2. The molecule has 2 heterocycles. The van der Waals surface area contributed by atoms with Crippen LogP contribution in [0.5, 0.6) is 0 Å². The first-order chi connectivity index (χ1) is 9.15. The number of hydrogen-bond acceptors (Lipinski definition) is 3. The van der Waals surface area contributed by atoms with Gasteiger partial charge >= 0.3 is 0 Å². The second-order valence-corrected chi connectivity index (χ2v) is 5.97. The summed E-state index contributed by atoms with van der Waals surface area (Å²) in [6.45, 7) is 4.32. The minimum Gasteiger partial charge on any atom is -0.387 e. The molecule has 0 bridgehead atoms. The molecule has 1 atom stereocenters. The second-order valence-electron chi connectivity index (χ2n) is 4.61. The van der Waals surface area contributed by atoms with Gasteiger partial charge in [0.2, 0.25) is 0 Å². The molecule has 0 saturated carbocycles. The van der Waals surface area contributed by atoms with Gasteiger partial charge in [-0.3, -0.25) is 4.68 Å². The van der Waals surface area contributed by atoms with Crippen LogP contribution < -0.4 is 0 Å². The lowest BCUT2D eigenvalue weighted by Gasteiger charge is -2.12. The predicted molar refractivity (Wildman–Crippen MR) is 79.8 cm³/mol. The fourth-order valence-corrected chi connectivity index (χ4v) is 3.36. The minimum atomic E-state index is -0.572. The molecule has 19 heavy (non-hydrogen) atoms. The van der Waals surface area contributed by atoms with E-state index in [4.69, 9.17) is 11.6 Å². The summed E-state index contributed by atoms with van der Waals surface area (Å²) in [5, 5.41) is 17.3. The van der Waals surface area contributed by atoms with Gasteiger partial charge in [0.15, 0.2) is 0 Å². The maximum absolute atomic E-state index is 10.2. The van der Waals surface area contributed by atoms with Gasteiger partial charge in [0, 0.05) is 12.6 Å². The molecule has 0 radical (unpaired) electrons. The van der Waals surface area contributed by atoms with Crippen molar-refractivity contribution < 1.29 is 5.11 Å². The smallest absolute Gasteiger partial charge is 0.0952 e. The van der Waals surface area contributed by atoms with Crippen molar-refractivity contribution in [2.45, 2.75) is 45.3 Å². The Labute approximate surface area is 122 Å². The Bertz CT molecular complexity index is 519. The number of aromatic nitrogens is 2. The Morgan fingerprint density at radius 1 is 1.37 bits per heavy atom. The average Bonchev–Trinajstić information content (AvgIpc) is 3.00. The van der Waals surface area contributed by atoms with Crippen LogP contribution in [0.25, 0.3) is 0 Å². The van der Waals surface area contributed by atoms with E-state index in [0.717, 1.165) is 23.4 Å². The fraction of sp³-hybridized carbons (Fsp3) is 0.500. The Hall–Kier alpha value is -0.840. The molecule has 0 amide bonds. The van der Waals surface area contributed by atoms with Crippen molar-refractivity contribution in [2.24, 2.45) is 0 Å². The summed E-state index contributed by atoms with van der Waals surface area (Å²) in [4.78, 5) is 0.818. The maximum Gasteiger partial charge on any atom is 0.0952 e. The largest absolute Gasteiger partial charge is 0.387 e. The van der Waals surface area contributed by atoms with Crippen molar-refractivity contribution in [1.29, 1.82) is 0 Å². The molecule has 2 rings (SSSR count). The van der Waals surface area contributed by atoms with E-state index in [1.807, 2.05) is 28.4 Å². The van der Waals surface area contributed by atoms with E-state index in [0.29, 0.717) is 17.5 Å². The third-order valence-corrected chi connectivity index (χ3v) is 4.79. The summed E-state index contributed by atoms with van der Waals surface area (Å²) in [5.41, 5.74) is 0.906. The molecule has 0 aromatic carbocycles. The SMILES string of the molecule is CCC(CC)n1ccc(CC(O)c2sccc2Cl)n1. The van der Waals surface area contributed by atoms with Gasteiger partial charge in [-0.2, -0.15) is 5.10 Å². The molecule has 0 spiro atoms. The first-order valence-corrected chi connectivity index (χ1v) is 7.86. The van der Waals surface area contributed by atoms with Crippen LogP contribution in [0, 0.1) is 0 Å². The molecular weight excluding hydrogens is 280 g/mol. The van der Waals surface area contributed by atoms with E-state index >= 15 is 0 Å². The number of thiophene rings is 1. The van der Waals surface area contributed by atoms with Gasteiger partial charge in [-0.05, 0) is 30.4 Å². The Morgan fingerprint density at radius 3 is 2.68 bits per heavy atom. The highest BCUT2D eigenvalue weighted by Crippen LogP contribution is 2.30. The molecular formula is C14H19ClN2OS. The Balaban J connectivity index is 2.06. The summed E-state index contributed by atoms with van der Waals surface area (Å²) in [6.07, 6.45) is 4.06. The molecule has 5 heteroatoms. The van der Waals surface area contributed by atoms with Crippen LogP contribution >= 0.6 is 22.9 Å². The summed E-state index contributed by atoms with van der Waals surface area (Å²) >= 11 is 7.51. The quantitative estimate of drug-likeness (QED) is 0.866. The molecule has 2 aromatic heterocycles. The van der Waals surface area contributed by atoms with E-state index in [-0.39, 0.29) is 0 Å². The minimum absolute atomic E-state index is 0.441. The number of rotatable bonds is 6. The van der Waals surface area contributed by atoms with Gasteiger partial charge in [-0.15, -0.1) is 11.3 Å². The van der Waals surface area contributed by atoms with Crippen molar-refractivity contribution in [3.63, 3.8) is 0 Å². The molecule has 1 N–H and O–H groups in total. The van der Waals surface area contributed by atoms with E-state index in [2.05, 4.69) is 18.9 Å². The zero-order valence-corrected chi connectivity index (χ0v) is 12.8. The summed E-state index contributed by atoms with van der Waals surface area (Å²) in [5.74, 6) is 0. The molecule has 3 nitrogen and oxygen atoms in total. The lowest BCUT2D eigenvalue weighted by atomic mass is 10.2. The first kappa shape index (κ1) is 14.6. The van der Waals surface area contributed by atoms with Gasteiger partial charge in [-0.25, -0.2) is 0 Å². The molecule has 104 valence electrons. The number of aliphatic hydroxyl groups excluding tert-OH is 1. The normalized spacial score (nSPS) is 13.1. The summed E-state index contributed by atoms with van der Waals surface area (Å²) in [6, 6.07) is 4.23. The predicted octanol–water partition coefficient (Wildman–Crippen LogP) is 4.24. The monoisotopic (exact) mass is 298 g/mol. The maximum atomic E-state index is 10.2. The van der Waals surface area contributed by atoms with Crippen LogP contribution in [0.3, 0.4) is 0 Å². The van der Waals surface area contributed by atoms with Crippen LogP contribution in [0.2, 0.25) is 5.02 Å². The Kier molecular flexibility index (Phi) is 5.02. The lowest BCUT2D eigenvalue weighted by Crippen LogP contribution is -2.08. The highest BCUT2D eigenvalue weighted by Gasteiger charge is 2.16. The van der Waals surface area contributed by atoms with Crippen molar-refractivity contribution in [3.05, 3.63) is 39.3 Å². The van der Waals surface area contributed by atoms with Crippen molar-refractivity contribution in [2.75, 3.05) is 0 Å². The highest BCUT2D eigenvalue weighted by atomic mass is 35.5. The molecule has 0 aliphatic heterocycles. The molecule has 0 saturated heterocycles. The van der Waals surface area contributed by atoms with Gasteiger partial charge < -0.3 is 5.11 Å². The van der Waals surface area contributed by atoms with Crippen molar-refractivity contribution in [1.82, 2.24) is 9.78 Å². The van der Waals surface area contributed by atoms with Gasteiger partial charge in [0.1, 0.15) is 0 Å². The highest BCUT2D eigenvalue weighted by molar-refractivity contribution is 7.10. The van der Waals surface area contributed by atoms with E-state index in [1.54, 1.807) is 0 Å². The molecule has 0 aliphatic carbocycles. The van der Waals surface area contributed by atoms with Crippen LogP contribution in [-0.2, 0) is 6.42 Å². The van der Waals surface area contributed by atoms with Crippen molar-refractivity contribution >= 4 is 22.9 Å². The van der Waals surface area contributed by atoms with Crippen LogP contribution in [0.4, 0.5) is 0 Å². The standard InChI is InChI=1S/C14H19ClN2OS/c1-3-11(4-2)17-7-5-10(16-17)9-13(18)14-12(15)6-8-19-14/h5-8,11,13,18H,3-4,9H2,1-2H3. The van der Waals surface area contributed by atoms with Crippen LogP contribution in [-0.4, -0.2) is 14.9 Å². The molecule has 2 aromatic rings. The van der Waals surface area contributed by atoms with E-state index < -0.39 is 6.10 Å². The topological polar surface area (TPSA) is 38.0 Å². The van der Waals surface area contributed by atoms with Crippen LogP contribution in [0.15, 0.2) is 23.7 Å². The number of hydrogen-bond donors (Lipinski definition) is 1. The Morgan fingerprint density at radius 2 is 2.11 bits per heavy atom. The van der Waals surface area contributed by atoms with Gasteiger partial charge in [0.25, 0.3) is 0 Å². The molecule has 1 unspecified atom stereocenters. The number of aliphatic hydroxyl groups is 1. The molecule has 0 fully saturated rings. The lowest BCUT2D eigenvalue weighted by molar-refractivity contribution is 0.180. The third kappa shape index (κ3) is 3.38. The van der Waals surface area contributed by atoms with E-state index in [1.165, 1.54) is 11.3 Å². The second kappa shape index (κ2) is 6.55. The summed E-state index contributed by atoms with van der Waals surface area (Å²) < 4.78 is 2.00.